The number of likely N-dealkylation sites (N-methyl/N-ethyl adjacent to an activating group) is 1. The molecule has 15 heteroatoms. The number of hydrogen-bond donors (Lipinski definition) is 4. The number of nitrogens with one attached hydrogen (secondary N) is 3. The zero-order valence-corrected chi connectivity index (χ0v) is 31.0. The third-order valence-electron chi connectivity index (χ3n) is 9.56. The van der Waals surface area contributed by atoms with Gasteiger partial charge >= 0.3 is 6.03 Å². The Morgan fingerprint density at radius 3 is 1.89 bits per heavy atom. The lowest BCUT2D eigenvalue weighted by Crippen LogP contribution is -2.62. The average molecular weight is 686 g/mol. The molecule has 1 heterocycles. The molecule has 0 bridgehead atoms. The van der Waals surface area contributed by atoms with Crippen LogP contribution in [-0.2, 0) is 29.4 Å². The van der Waals surface area contributed by atoms with Crippen LogP contribution in [0.2, 0.25) is 0 Å². The first kappa shape index (κ1) is 40.4. The van der Waals surface area contributed by atoms with Gasteiger partial charge in [-0.25, -0.2) is 4.79 Å². The monoisotopic (exact) mass is 685 g/mol. The van der Waals surface area contributed by atoms with Crippen LogP contribution in [0.3, 0.4) is 0 Å². The number of nitrogens with zero attached hydrogens (tertiary/aromatic N) is 3. The zero-order valence-electron chi connectivity index (χ0n) is 30.2. The number of carbonyl (C=O) groups excluding carboxylic acids is 5. The van der Waals surface area contributed by atoms with Crippen LogP contribution < -0.4 is 21.7 Å². The van der Waals surface area contributed by atoms with Crippen LogP contribution in [-0.4, -0.2) is 110 Å². The highest BCUT2D eigenvalue weighted by Crippen LogP contribution is 2.34. The molecule has 2 aliphatic rings. The molecule has 5 atom stereocenters. The molecule has 0 aromatic carbocycles. The van der Waals surface area contributed by atoms with Crippen molar-refractivity contribution in [1.82, 2.24) is 29.5 Å². The van der Waals surface area contributed by atoms with Crippen molar-refractivity contribution in [3.8, 4) is 0 Å². The maximum atomic E-state index is 14.3. The summed E-state index contributed by atoms with van der Waals surface area (Å²) in [5.74, 6) is -2.94. The number of urea groups is 1. The molecule has 5 N–H and O–H groups in total. The molecule has 270 valence electrons. The van der Waals surface area contributed by atoms with Crippen molar-refractivity contribution in [3.63, 3.8) is 0 Å². The van der Waals surface area contributed by atoms with Crippen LogP contribution in [0.25, 0.3) is 0 Å². The van der Waals surface area contributed by atoms with E-state index in [-0.39, 0.29) is 30.8 Å². The van der Waals surface area contributed by atoms with E-state index in [1.807, 2.05) is 34.6 Å². The second-order valence-corrected chi connectivity index (χ2v) is 18.2. The Kier molecular flexibility index (Phi) is 13.4. The van der Waals surface area contributed by atoms with Crippen molar-refractivity contribution in [2.45, 2.75) is 112 Å². The van der Waals surface area contributed by atoms with Gasteiger partial charge in [0.25, 0.3) is 16.1 Å². The smallest absolute Gasteiger partial charge is 0.315 e. The first-order chi connectivity index (χ1) is 21.4. The summed E-state index contributed by atoms with van der Waals surface area (Å²) in [7, 11) is 0.553. The molecule has 1 aliphatic carbocycles. The van der Waals surface area contributed by atoms with Gasteiger partial charge in [0.1, 0.15) is 12.1 Å². The molecule has 14 nitrogen and oxygen atoms in total. The second-order valence-electron chi connectivity index (χ2n) is 15.9. The Hall–Kier alpha value is -2.78. The van der Waals surface area contributed by atoms with Gasteiger partial charge in [-0.05, 0) is 41.4 Å². The molecule has 47 heavy (non-hydrogen) atoms. The molecule has 5 amide bonds. The van der Waals surface area contributed by atoms with E-state index in [9.17, 15) is 32.4 Å². The second kappa shape index (κ2) is 15.6. The molecule has 1 saturated heterocycles. The third-order valence-corrected chi connectivity index (χ3v) is 11.4. The van der Waals surface area contributed by atoms with Crippen molar-refractivity contribution in [1.29, 1.82) is 0 Å². The van der Waals surface area contributed by atoms with E-state index in [0.717, 1.165) is 27.9 Å². The van der Waals surface area contributed by atoms with Gasteiger partial charge in [0.05, 0.1) is 6.04 Å². The molecular formula is C32H59N7O7S. The largest absolute Gasteiger partial charge is 0.363 e. The maximum Gasteiger partial charge on any atom is 0.315 e. The van der Waals surface area contributed by atoms with Crippen LogP contribution in [0, 0.1) is 28.6 Å². The number of primary amides is 1. The minimum Gasteiger partial charge on any atom is -0.363 e. The number of ketones is 1. The number of amides is 5. The number of carbonyl (C=O) groups is 5. The average Bonchev–Trinajstić information content (AvgIpc) is 3.36. The topological polar surface area (TPSA) is 191 Å². The summed E-state index contributed by atoms with van der Waals surface area (Å²) in [5.41, 5.74) is 4.00. The lowest BCUT2D eigenvalue weighted by atomic mass is 9.80. The standard InChI is InChI=1S/C32H59N7O7S/c1-19(2)21-15-16-39(24(21)28(42)34-22(25(40)27(33)41)17-20-13-12-14-20)29(43)26(32(6,7)8)36-30(44)35-23(31(3,4)5)18-38(11)47(45,46)37(9)10/h19-24,26H,12-18H2,1-11H3,(H2,33,41)(H,34,42)(H2,35,36,44)/t21-,22?,23-,24+,26-/m1/s1. The van der Waals surface area contributed by atoms with E-state index < -0.39 is 74.7 Å². The van der Waals surface area contributed by atoms with E-state index in [0.29, 0.717) is 12.8 Å². The van der Waals surface area contributed by atoms with E-state index in [1.165, 1.54) is 26.0 Å². The fourth-order valence-corrected chi connectivity index (χ4v) is 7.03. The predicted octanol–water partition coefficient (Wildman–Crippen LogP) is 1.46. The van der Waals surface area contributed by atoms with Gasteiger partial charge in [0.2, 0.25) is 17.6 Å². The number of rotatable bonds is 14. The molecule has 1 unspecified atom stereocenters. The minimum atomic E-state index is -3.74. The van der Waals surface area contributed by atoms with Crippen molar-refractivity contribution < 1.29 is 32.4 Å². The highest BCUT2D eigenvalue weighted by Gasteiger charge is 2.48. The maximum absolute atomic E-state index is 14.3. The van der Waals surface area contributed by atoms with E-state index in [1.54, 1.807) is 20.8 Å². The molecule has 1 saturated carbocycles. The lowest BCUT2D eigenvalue weighted by molar-refractivity contribution is -0.144. The van der Waals surface area contributed by atoms with Crippen LogP contribution in [0.15, 0.2) is 0 Å². The predicted molar refractivity (Wildman–Crippen MR) is 180 cm³/mol. The fourth-order valence-electron chi connectivity index (χ4n) is 6.13. The number of Topliss-reactive ketones (excluding diaryl/α,β-unsaturated/α-hetero) is 1. The molecule has 1 aliphatic heterocycles. The molecular weight excluding hydrogens is 626 g/mol. The van der Waals surface area contributed by atoms with Gasteiger partial charge in [-0.2, -0.15) is 17.0 Å². The number of hydrogen-bond acceptors (Lipinski definition) is 7. The summed E-state index contributed by atoms with van der Waals surface area (Å²) < 4.78 is 27.6. The third kappa shape index (κ3) is 10.4. The van der Waals surface area contributed by atoms with Crippen LogP contribution >= 0.6 is 0 Å². The lowest BCUT2D eigenvalue weighted by Gasteiger charge is -2.38. The van der Waals surface area contributed by atoms with Gasteiger partial charge in [-0.15, -0.1) is 0 Å². The summed E-state index contributed by atoms with van der Waals surface area (Å²) in [5, 5.41) is 8.47. The van der Waals surface area contributed by atoms with Gasteiger partial charge < -0.3 is 26.6 Å². The fraction of sp³-hybridized carbons (Fsp3) is 0.844. The number of nitrogens with two attached hydrogens (primary N) is 1. The van der Waals surface area contributed by atoms with E-state index >= 15 is 0 Å². The van der Waals surface area contributed by atoms with Gasteiger partial charge in [0, 0.05) is 40.3 Å². The quantitative estimate of drug-likeness (QED) is 0.199. The summed E-state index contributed by atoms with van der Waals surface area (Å²) in [6.07, 6.45) is 3.68. The molecule has 2 rings (SSSR count). The van der Waals surface area contributed by atoms with Crippen molar-refractivity contribution >= 4 is 39.7 Å². The Balaban J connectivity index is 2.34. The van der Waals surface area contributed by atoms with Gasteiger partial charge in [0.15, 0.2) is 0 Å². The highest BCUT2D eigenvalue weighted by atomic mass is 32.2. The summed E-state index contributed by atoms with van der Waals surface area (Å²) in [6, 6.07) is -4.31. The molecule has 0 aromatic rings. The van der Waals surface area contributed by atoms with Crippen LogP contribution in [0.1, 0.15) is 87.5 Å². The van der Waals surface area contributed by atoms with Crippen LogP contribution in [0.5, 0.6) is 0 Å². The minimum absolute atomic E-state index is 0.0119. The van der Waals surface area contributed by atoms with Gasteiger partial charge in [-0.3, -0.25) is 19.2 Å². The van der Waals surface area contributed by atoms with E-state index in [2.05, 4.69) is 16.0 Å². The van der Waals surface area contributed by atoms with E-state index in [4.69, 9.17) is 5.73 Å². The Morgan fingerprint density at radius 1 is 0.894 bits per heavy atom. The highest BCUT2D eigenvalue weighted by molar-refractivity contribution is 7.86. The van der Waals surface area contributed by atoms with Crippen molar-refractivity contribution in [2.75, 3.05) is 34.2 Å². The summed E-state index contributed by atoms with van der Waals surface area (Å²) in [6.45, 7) is 15.2. The Labute approximate surface area is 281 Å². The Morgan fingerprint density at radius 2 is 1.47 bits per heavy atom. The van der Waals surface area contributed by atoms with Crippen molar-refractivity contribution in [3.05, 3.63) is 0 Å². The molecule has 2 fully saturated rings. The number of likely N-dealkylation sites (tertiary alicyclic amines) is 1. The Bertz CT molecular complexity index is 1270. The van der Waals surface area contributed by atoms with Gasteiger partial charge in [-0.1, -0.05) is 74.7 Å². The first-order valence-corrected chi connectivity index (χ1v) is 17.9. The van der Waals surface area contributed by atoms with Crippen LogP contribution in [0.4, 0.5) is 4.79 Å². The van der Waals surface area contributed by atoms with Crippen molar-refractivity contribution in [2.24, 2.45) is 34.3 Å². The SMILES string of the molecule is CC(C)[C@H]1CCN(C(=O)[C@@H](NC(=O)N[C@H](CN(C)S(=O)(=O)N(C)C)C(C)(C)C)C(C)(C)C)[C@@H]1C(=O)NC(CC1CCC1)C(=O)C(N)=O. The molecule has 0 radical (unpaired) electrons. The zero-order chi connectivity index (χ0) is 36.2. The molecule has 0 aromatic heterocycles. The summed E-state index contributed by atoms with van der Waals surface area (Å²) >= 11 is 0. The first-order valence-electron chi connectivity index (χ1n) is 16.5. The summed E-state index contributed by atoms with van der Waals surface area (Å²) in [4.78, 5) is 67.8. The normalized spacial score (nSPS) is 21.3. The molecule has 0 spiro atoms.